The summed E-state index contributed by atoms with van der Waals surface area (Å²) < 4.78 is 1.94. The van der Waals surface area contributed by atoms with Crippen LogP contribution in [0.5, 0.6) is 0 Å². The van der Waals surface area contributed by atoms with Gasteiger partial charge >= 0.3 is 0 Å². The second-order valence-electron chi connectivity index (χ2n) is 8.46. The Morgan fingerprint density at radius 2 is 1.78 bits per heavy atom. The predicted octanol–water partition coefficient (Wildman–Crippen LogP) is 7.94. The summed E-state index contributed by atoms with van der Waals surface area (Å²) in [6.45, 7) is 7.48. The van der Waals surface area contributed by atoms with Gasteiger partial charge in [-0.2, -0.15) is 4.98 Å². The summed E-state index contributed by atoms with van der Waals surface area (Å²) in [5, 5.41) is 6.22. The molecule has 4 rings (SSSR count). The third-order valence-electron chi connectivity index (χ3n) is 5.82. The van der Waals surface area contributed by atoms with Crippen LogP contribution in [0.2, 0.25) is 10.0 Å². The summed E-state index contributed by atoms with van der Waals surface area (Å²) in [5.74, 6) is 2.23. The fraction of sp³-hybridized carbons (Fsp3) is 0.440. The molecule has 7 heteroatoms. The molecule has 1 aliphatic rings. The Hall–Kier alpha value is -1.75. The number of hydrogen-bond acceptors (Lipinski definition) is 3. The molecule has 4 nitrogen and oxygen atoms in total. The lowest BCUT2D eigenvalue weighted by Crippen LogP contribution is -2.30. The molecule has 0 N–H and O–H groups in total. The van der Waals surface area contributed by atoms with Gasteiger partial charge in [0.2, 0.25) is 5.95 Å². The number of anilines is 1. The van der Waals surface area contributed by atoms with E-state index < -0.39 is 0 Å². The van der Waals surface area contributed by atoms with E-state index in [9.17, 15) is 0 Å². The molecule has 0 amide bonds. The van der Waals surface area contributed by atoms with E-state index in [2.05, 4.69) is 49.9 Å². The molecule has 0 saturated heterocycles. The SMILES string of the molecule is CCC[C@@H](c1ccc(C)cc1)N(CCC)c1nc(C2CC2)n(-c2ccc(Cl)cc2Cl)n1.Cl. The first-order valence-electron chi connectivity index (χ1n) is 11.3. The largest absolute Gasteiger partial charge is 0.332 e. The smallest absolute Gasteiger partial charge is 0.245 e. The van der Waals surface area contributed by atoms with Crippen molar-refractivity contribution in [1.82, 2.24) is 14.8 Å². The van der Waals surface area contributed by atoms with E-state index in [1.54, 1.807) is 6.07 Å². The molecule has 0 unspecified atom stereocenters. The minimum atomic E-state index is 0. The predicted molar refractivity (Wildman–Crippen MR) is 137 cm³/mol. The molecule has 1 aromatic heterocycles. The normalized spacial score (nSPS) is 14.2. The van der Waals surface area contributed by atoms with Gasteiger partial charge in [-0.3, -0.25) is 0 Å². The molecule has 0 bridgehead atoms. The van der Waals surface area contributed by atoms with E-state index in [1.165, 1.54) is 11.1 Å². The number of nitrogens with zero attached hydrogens (tertiary/aromatic N) is 4. The molecule has 0 radical (unpaired) electrons. The van der Waals surface area contributed by atoms with Gasteiger partial charge in [0.05, 0.1) is 16.8 Å². The fourth-order valence-corrected chi connectivity index (χ4v) is 4.56. The molecule has 0 aliphatic heterocycles. The van der Waals surface area contributed by atoms with Gasteiger partial charge in [-0.15, -0.1) is 17.5 Å². The van der Waals surface area contributed by atoms with Crippen LogP contribution in [-0.2, 0) is 0 Å². The monoisotopic (exact) mass is 492 g/mol. The van der Waals surface area contributed by atoms with Crippen LogP contribution in [0.25, 0.3) is 5.69 Å². The second-order valence-corrected chi connectivity index (χ2v) is 9.30. The van der Waals surface area contributed by atoms with Crippen molar-refractivity contribution in [2.24, 2.45) is 0 Å². The van der Waals surface area contributed by atoms with Crippen LogP contribution < -0.4 is 4.90 Å². The molecule has 1 heterocycles. The molecule has 3 aromatic rings. The Balaban J connectivity index is 0.00000289. The first kappa shape index (κ1) is 24.9. The molecular formula is C25H31Cl3N4. The topological polar surface area (TPSA) is 34.0 Å². The van der Waals surface area contributed by atoms with Crippen molar-refractivity contribution >= 4 is 41.6 Å². The summed E-state index contributed by atoms with van der Waals surface area (Å²) in [4.78, 5) is 7.44. The highest BCUT2D eigenvalue weighted by Crippen LogP contribution is 2.42. The number of hydrogen-bond donors (Lipinski definition) is 0. The number of aromatic nitrogens is 3. The van der Waals surface area contributed by atoms with E-state index in [1.807, 2.05) is 16.8 Å². The van der Waals surface area contributed by atoms with Gasteiger partial charge in [-0.05, 0) is 56.4 Å². The van der Waals surface area contributed by atoms with Gasteiger partial charge in [0.25, 0.3) is 0 Å². The van der Waals surface area contributed by atoms with E-state index in [0.717, 1.165) is 56.1 Å². The van der Waals surface area contributed by atoms with Crippen molar-refractivity contribution in [3.05, 3.63) is 69.5 Å². The average Bonchev–Trinajstić information content (AvgIpc) is 3.51. The fourth-order valence-electron chi connectivity index (χ4n) is 4.07. The van der Waals surface area contributed by atoms with Crippen LogP contribution in [0.4, 0.5) is 5.95 Å². The van der Waals surface area contributed by atoms with Gasteiger partial charge in [0.1, 0.15) is 5.82 Å². The number of halogens is 3. The summed E-state index contributed by atoms with van der Waals surface area (Å²) in [7, 11) is 0. The molecule has 1 fully saturated rings. The molecule has 1 aliphatic carbocycles. The summed E-state index contributed by atoms with van der Waals surface area (Å²) in [6.07, 6.45) is 5.47. The minimum Gasteiger partial charge on any atom is -0.332 e. The van der Waals surface area contributed by atoms with Crippen molar-refractivity contribution in [2.75, 3.05) is 11.4 Å². The lowest BCUT2D eigenvalue weighted by atomic mass is 9.99. The first-order chi connectivity index (χ1) is 15.0. The highest BCUT2D eigenvalue weighted by atomic mass is 35.5. The first-order valence-corrected chi connectivity index (χ1v) is 12.0. The Bertz CT molecular complexity index is 1030. The molecular weight excluding hydrogens is 463 g/mol. The van der Waals surface area contributed by atoms with Crippen LogP contribution in [-0.4, -0.2) is 21.3 Å². The summed E-state index contributed by atoms with van der Waals surface area (Å²) in [6, 6.07) is 14.7. The van der Waals surface area contributed by atoms with Crippen molar-refractivity contribution in [3.63, 3.8) is 0 Å². The van der Waals surface area contributed by atoms with Crippen LogP contribution in [0.15, 0.2) is 42.5 Å². The van der Waals surface area contributed by atoms with Gasteiger partial charge in [0, 0.05) is 17.5 Å². The zero-order valence-electron chi connectivity index (χ0n) is 18.9. The lowest BCUT2D eigenvalue weighted by molar-refractivity contribution is 0.551. The van der Waals surface area contributed by atoms with Crippen molar-refractivity contribution in [3.8, 4) is 5.69 Å². The van der Waals surface area contributed by atoms with Crippen LogP contribution in [0.1, 0.15) is 74.9 Å². The highest BCUT2D eigenvalue weighted by molar-refractivity contribution is 6.35. The molecule has 2 aromatic carbocycles. The molecule has 1 saturated carbocycles. The van der Waals surface area contributed by atoms with E-state index in [0.29, 0.717) is 16.0 Å². The Labute approximate surface area is 207 Å². The number of aryl methyl sites for hydroxylation is 1. The Kier molecular flexibility index (Phi) is 8.49. The van der Waals surface area contributed by atoms with Crippen molar-refractivity contribution < 1.29 is 0 Å². The summed E-state index contributed by atoms with van der Waals surface area (Å²) in [5.41, 5.74) is 3.43. The number of benzene rings is 2. The molecule has 1 atom stereocenters. The minimum absolute atomic E-state index is 0. The van der Waals surface area contributed by atoms with E-state index >= 15 is 0 Å². The summed E-state index contributed by atoms with van der Waals surface area (Å²) >= 11 is 12.7. The third-order valence-corrected chi connectivity index (χ3v) is 6.36. The van der Waals surface area contributed by atoms with Crippen LogP contribution in [0.3, 0.4) is 0 Å². The van der Waals surface area contributed by atoms with Gasteiger partial charge in [0.15, 0.2) is 0 Å². The van der Waals surface area contributed by atoms with Gasteiger partial charge in [-0.1, -0.05) is 73.3 Å². The van der Waals surface area contributed by atoms with E-state index in [4.69, 9.17) is 33.3 Å². The van der Waals surface area contributed by atoms with Gasteiger partial charge < -0.3 is 4.90 Å². The molecule has 32 heavy (non-hydrogen) atoms. The maximum Gasteiger partial charge on any atom is 0.245 e. The molecule has 0 spiro atoms. The van der Waals surface area contributed by atoms with Crippen LogP contribution in [0, 0.1) is 6.92 Å². The third kappa shape index (κ3) is 5.41. The van der Waals surface area contributed by atoms with Crippen molar-refractivity contribution in [1.29, 1.82) is 0 Å². The standard InChI is InChI=1S/C25H30Cl2N4.ClH/c1-4-6-22(18-9-7-17(3)8-10-18)30(15-5-2)25-28-24(19-11-12-19)31(29-25)23-14-13-20(26)16-21(23)27;/h7-10,13-14,16,19,22H,4-6,11-12,15H2,1-3H3;1H/t22-;/m0./s1. The van der Waals surface area contributed by atoms with Crippen molar-refractivity contribution in [2.45, 2.75) is 64.8 Å². The zero-order chi connectivity index (χ0) is 22.0. The average molecular weight is 494 g/mol. The highest BCUT2D eigenvalue weighted by Gasteiger charge is 2.33. The maximum atomic E-state index is 6.55. The number of rotatable bonds is 9. The molecule has 172 valence electrons. The second kappa shape index (κ2) is 10.9. The zero-order valence-corrected chi connectivity index (χ0v) is 21.2. The van der Waals surface area contributed by atoms with Crippen LogP contribution >= 0.6 is 35.6 Å². The maximum absolute atomic E-state index is 6.55. The lowest BCUT2D eigenvalue weighted by Gasteiger charge is -2.31. The Morgan fingerprint density at radius 1 is 1.06 bits per heavy atom. The van der Waals surface area contributed by atoms with Gasteiger partial charge in [-0.25, -0.2) is 4.68 Å². The Morgan fingerprint density at radius 3 is 2.38 bits per heavy atom. The quantitative estimate of drug-likeness (QED) is 0.303. The van der Waals surface area contributed by atoms with E-state index in [-0.39, 0.29) is 18.4 Å².